The predicted octanol–water partition coefficient (Wildman–Crippen LogP) is 1.21. The van der Waals surface area contributed by atoms with Crippen molar-refractivity contribution in [3.8, 4) is 0 Å². The number of carboxylic acids is 1. The van der Waals surface area contributed by atoms with Crippen LogP contribution in [0.25, 0.3) is 0 Å². The molecule has 0 aliphatic carbocycles. The lowest BCUT2D eigenvalue weighted by Gasteiger charge is -2.14. The third-order valence-corrected chi connectivity index (χ3v) is 2.73. The van der Waals surface area contributed by atoms with Crippen LogP contribution in [0, 0.1) is 0 Å². The number of carbonyl (C=O) groups is 1. The van der Waals surface area contributed by atoms with Crippen LogP contribution in [0.5, 0.6) is 0 Å². The molecule has 0 unspecified atom stereocenters. The monoisotopic (exact) mass is 261 g/mol. The number of rotatable bonds is 3. The molecule has 96 valence electrons. The van der Waals surface area contributed by atoms with Gasteiger partial charge in [0.2, 0.25) is 11.7 Å². The Morgan fingerprint density at radius 1 is 1.41 bits per heavy atom. The smallest absolute Gasteiger partial charge is 0.373 e. The lowest BCUT2D eigenvalue weighted by molar-refractivity contribution is 0.0657. The lowest BCUT2D eigenvalue weighted by Crippen LogP contribution is -2.16. The van der Waals surface area contributed by atoms with Gasteiger partial charge in [0.25, 0.3) is 0 Å². The molecule has 0 fully saturated rings. The minimum atomic E-state index is -3.30. The highest BCUT2D eigenvalue weighted by atomic mass is 32.2. The van der Waals surface area contributed by atoms with Crippen LogP contribution in [0.2, 0.25) is 0 Å². The van der Waals surface area contributed by atoms with Gasteiger partial charge in [0.05, 0.1) is 5.69 Å². The number of oxazole rings is 1. The Labute approximate surface area is 99.6 Å². The topological polar surface area (TPSA) is 97.5 Å². The molecular formula is C10H15NO5S. The maximum atomic E-state index is 11.1. The van der Waals surface area contributed by atoms with E-state index in [1.54, 1.807) is 20.8 Å². The Morgan fingerprint density at radius 2 is 1.94 bits per heavy atom. The van der Waals surface area contributed by atoms with E-state index in [1.807, 2.05) is 0 Å². The maximum Gasteiger partial charge on any atom is 0.373 e. The van der Waals surface area contributed by atoms with Gasteiger partial charge in [-0.2, -0.15) is 0 Å². The van der Waals surface area contributed by atoms with Crippen molar-refractivity contribution in [3.63, 3.8) is 0 Å². The molecule has 0 radical (unpaired) electrons. The number of nitrogens with zero attached hydrogens (tertiary/aromatic N) is 1. The SMILES string of the molecule is CC(C)(C)c1nc(CS(C)(=O)=O)oc1C(=O)O. The molecule has 0 aliphatic heterocycles. The van der Waals surface area contributed by atoms with E-state index < -0.39 is 27.0 Å². The number of hydrogen-bond acceptors (Lipinski definition) is 5. The molecule has 1 N–H and O–H groups in total. The second-order valence-electron chi connectivity index (χ2n) is 4.91. The Balaban J connectivity index is 3.27. The summed E-state index contributed by atoms with van der Waals surface area (Å²) < 4.78 is 27.2. The highest BCUT2D eigenvalue weighted by molar-refractivity contribution is 7.89. The van der Waals surface area contributed by atoms with Crippen molar-refractivity contribution < 1.29 is 22.7 Å². The van der Waals surface area contributed by atoms with Crippen LogP contribution in [0.1, 0.15) is 42.9 Å². The first-order valence-electron chi connectivity index (χ1n) is 4.92. The van der Waals surface area contributed by atoms with E-state index in [1.165, 1.54) is 0 Å². The Bertz CT molecular complexity index is 536. The van der Waals surface area contributed by atoms with Gasteiger partial charge in [0.15, 0.2) is 9.84 Å². The second-order valence-corrected chi connectivity index (χ2v) is 7.05. The molecule has 1 rings (SSSR count). The van der Waals surface area contributed by atoms with Crippen LogP contribution in [0.3, 0.4) is 0 Å². The van der Waals surface area contributed by atoms with Gasteiger partial charge in [-0.3, -0.25) is 0 Å². The molecule has 0 amide bonds. The zero-order chi connectivity index (χ0) is 13.4. The summed E-state index contributed by atoms with van der Waals surface area (Å²) in [7, 11) is -3.30. The van der Waals surface area contributed by atoms with Crippen LogP contribution in [-0.2, 0) is 21.0 Å². The van der Waals surface area contributed by atoms with Crippen molar-refractivity contribution in [1.29, 1.82) is 0 Å². The molecule has 1 aromatic rings. The Hall–Kier alpha value is -1.37. The summed E-state index contributed by atoms with van der Waals surface area (Å²) in [4.78, 5) is 14.9. The summed E-state index contributed by atoms with van der Waals surface area (Å²) >= 11 is 0. The lowest BCUT2D eigenvalue weighted by atomic mass is 9.91. The van der Waals surface area contributed by atoms with E-state index in [0.29, 0.717) is 0 Å². The average molecular weight is 261 g/mol. The van der Waals surface area contributed by atoms with Gasteiger partial charge in [-0.05, 0) is 0 Å². The predicted molar refractivity (Wildman–Crippen MR) is 60.7 cm³/mol. The summed E-state index contributed by atoms with van der Waals surface area (Å²) in [6.07, 6.45) is 1.04. The van der Waals surface area contributed by atoms with E-state index in [4.69, 9.17) is 9.52 Å². The average Bonchev–Trinajstić information content (AvgIpc) is 2.43. The van der Waals surface area contributed by atoms with E-state index in [-0.39, 0.29) is 17.3 Å². The third-order valence-electron chi connectivity index (χ3n) is 1.96. The van der Waals surface area contributed by atoms with Crippen molar-refractivity contribution in [2.75, 3.05) is 6.26 Å². The fourth-order valence-electron chi connectivity index (χ4n) is 1.30. The van der Waals surface area contributed by atoms with E-state index in [2.05, 4.69) is 4.98 Å². The quantitative estimate of drug-likeness (QED) is 0.878. The van der Waals surface area contributed by atoms with E-state index >= 15 is 0 Å². The zero-order valence-corrected chi connectivity index (χ0v) is 11.0. The number of aromatic nitrogens is 1. The van der Waals surface area contributed by atoms with Crippen LogP contribution in [-0.4, -0.2) is 30.7 Å². The summed E-state index contributed by atoms with van der Waals surface area (Å²) in [5, 5.41) is 8.96. The second kappa shape index (κ2) is 4.14. The molecule has 0 saturated carbocycles. The normalized spacial score (nSPS) is 12.7. The highest BCUT2D eigenvalue weighted by Gasteiger charge is 2.29. The number of sulfone groups is 1. The number of hydrogen-bond donors (Lipinski definition) is 1. The summed E-state index contributed by atoms with van der Waals surface area (Å²) in [6.45, 7) is 5.34. The number of carboxylic acid groups (broad SMARTS) is 1. The molecule has 7 heteroatoms. The van der Waals surface area contributed by atoms with Gasteiger partial charge in [0.1, 0.15) is 5.75 Å². The molecular weight excluding hydrogens is 246 g/mol. The minimum absolute atomic E-state index is 0.0881. The summed E-state index contributed by atoms with van der Waals surface area (Å²) in [5.41, 5.74) is -0.267. The van der Waals surface area contributed by atoms with Crippen molar-refractivity contribution in [2.24, 2.45) is 0 Å². The molecule has 0 saturated heterocycles. The van der Waals surface area contributed by atoms with Gasteiger partial charge < -0.3 is 9.52 Å². The largest absolute Gasteiger partial charge is 0.475 e. The van der Waals surface area contributed by atoms with Crippen LogP contribution in [0.4, 0.5) is 0 Å². The molecule has 1 aromatic heterocycles. The Kier molecular flexibility index (Phi) is 3.33. The summed E-state index contributed by atoms with van der Waals surface area (Å²) in [6, 6.07) is 0. The van der Waals surface area contributed by atoms with Gasteiger partial charge in [0, 0.05) is 11.7 Å². The molecule has 0 spiro atoms. The van der Waals surface area contributed by atoms with Gasteiger partial charge in [-0.1, -0.05) is 20.8 Å². The van der Waals surface area contributed by atoms with Crippen LogP contribution < -0.4 is 0 Å². The molecule has 0 aromatic carbocycles. The molecule has 0 atom stereocenters. The van der Waals surface area contributed by atoms with Crippen molar-refractivity contribution in [1.82, 2.24) is 4.98 Å². The van der Waals surface area contributed by atoms with E-state index in [9.17, 15) is 13.2 Å². The van der Waals surface area contributed by atoms with Crippen molar-refractivity contribution in [3.05, 3.63) is 17.3 Å². The standard InChI is InChI=1S/C10H15NO5S/c1-10(2,3)8-7(9(12)13)16-6(11-8)5-17(4,14)15/h5H2,1-4H3,(H,12,13). The van der Waals surface area contributed by atoms with Gasteiger partial charge >= 0.3 is 5.97 Å². The number of aromatic carboxylic acids is 1. The van der Waals surface area contributed by atoms with Crippen LogP contribution >= 0.6 is 0 Å². The third kappa shape index (κ3) is 3.55. The molecule has 0 bridgehead atoms. The molecule has 1 heterocycles. The Morgan fingerprint density at radius 3 is 2.24 bits per heavy atom. The van der Waals surface area contributed by atoms with Gasteiger partial charge in [-0.25, -0.2) is 18.2 Å². The minimum Gasteiger partial charge on any atom is -0.475 e. The molecule has 0 aliphatic rings. The van der Waals surface area contributed by atoms with Gasteiger partial charge in [-0.15, -0.1) is 0 Å². The first-order valence-corrected chi connectivity index (χ1v) is 6.98. The van der Waals surface area contributed by atoms with Crippen molar-refractivity contribution >= 4 is 15.8 Å². The zero-order valence-electron chi connectivity index (χ0n) is 10.1. The molecule has 17 heavy (non-hydrogen) atoms. The van der Waals surface area contributed by atoms with Crippen molar-refractivity contribution in [2.45, 2.75) is 31.9 Å². The fourth-order valence-corrected chi connectivity index (χ4v) is 1.88. The maximum absolute atomic E-state index is 11.1. The van der Waals surface area contributed by atoms with E-state index in [0.717, 1.165) is 6.26 Å². The van der Waals surface area contributed by atoms with Crippen LogP contribution in [0.15, 0.2) is 4.42 Å². The highest BCUT2D eigenvalue weighted by Crippen LogP contribution is 2.26. The first-order chi connectivity index (χ1) is 7.50. The fraction of sp³-hybridized carbons (Fsp3) is 0.600. The summed E-state index contributed by atoms with van der Waals surface area (Å²) in [5.74, 6) is -2.03. The molecule has 6 nitrogen and oxygen atoms in total. The first kappa shape index (κ1) is 13.7.